The molecule has 1 unspecified atom stereocenters. The van der Waals surface area contributed by atoms with Crippen molar-refractivity contribution in [3.8, 4) is 0 Å². The average Bonchev–Trinajstić information content (AvgIpc) is 2.85. The first-order chi connectivity index (χ1) is 8.85. The molecular formula is C13H19N5. The van der Waals surface area contributed by atoms with Gasteiger partial charge in [-0.25, -0.2) is 4.98 Å². The lowest BCUT2D eigenvalue weighted by molar-refractivity contribution is 0.485. The summed E-state index contributed by atoms with van der Waals surface area (Å²) in [5, 5.41) is 6.46. The Balaban J connectivity index is 2.13. The van der Waals surface area contributed by atoms with Crippen molar-refractivity contribution in [2.45, 2.75) is 19.1 Å². The van der Waals surface area contributed by atoms with E-state index in [4.69, 9.17) is 0 Å². The Bertz CT molecular complexity index is 465. The van der Waals surface area contributed by atoms with E-state index in [0.29, 0.717) is 0 Å². The molecule has 1 atom stereocenters. The van der Waals surface area contributed by atoms with Gasteiger partial charge in [0.2, 0.25) is 0 Å². The van der Waals surface area contributed by atoms with E-state index in [2.05, 4.69) is 31.2 Å². The van der Waals surface area contributed by atoms with Crippen molar-refractivity contribution < 1.29 is 0 Å². The summed E-state index contributed by atoms with van der Waals surface area (Å²) in [5.74, 6) is 0. The van der Waals surface area contributed by atoms with E-state index in [1.54, 1.807) is 6.20 Å². The zero-order valence-electron chi connectivity index (χ0n) is 10.8. The van der Waals surface area contributed by atoms with Crippen LogP contribution in [-0.4, -0.2) is 28.6 Å². The number of pyridine rings is 1. The second-order valence-corrected chi connectivity index (χ2v) is 4.20. The Hall–Kier alpha value is -1.72. The van der Waals surface area contributed by atoms with Gasteiger partial charge < -0.3 is 15.2 Å². The van der Waals surface area contributed by atoms with Gasteiger partial charge in [-0.05, 0) is 25.7 Å². The minimum atomic E-state index is 0.239. The van der Waals surface area contributed by atoms with Crippen LogP contribution in [0.3, 0.4) is 0 Å². The van der Waals surface area contributed by atoms with Crippen LogP contribution >= 0.6 is 0 Å². The van der Waals surface area contributed by atoms with E-state index < -0.39 is 0 Å². The lowest BCUT2D eigenvalue weighted by Crippen LogP contribution is -2.23. The van der Waals surface area contributed by atoms with Crippen LogP contribution in [0.1, 0.15) is 17.3 Å². The third kappa shape index (κ3) is 2.94. The quantitative estimate of drug-likeness (QED) is 0.796. The molecule has 0 radical (unpaired) electrons. The van der Waals surface area contributed by atoms with Gasteiger partial charge in [-0.2, -0.15) is 0 Å². The van der Waals surface area contributed by atoms with Gasteiger partial charge >= 0.3 is 0 Å². The monoisotopic (exact) mass is 245 g/mol. The highest BCUT2D eigenvalue weighted by Crippen LogP contribution is 2.14. The topological polar surface area (TPSA) is 54.8 Å². The molecule has 2 rings (SSSR count). The van der Waals surface area contributed by atoms with Gasteiger partial charge in [0.05, 0.1) is 18.1 Å². The van der Waals surface area contributed by atoms with Gasteiger partial charge in [0, 0.05) is 31.7 Å². The van der Waals surface area contributed by atoms with Crippen molar-refractivity contribution >= 4 is 0 Å². The molecule has 0 aliphatic heterocycles. The summed E-state index contributed by atoms with van der Waals surface area (Å²) in [7, 11) is 3.90. The van der Waals surface area contributed by atoms with E-state index >= 15 is 0 Å². The molecule has 5 nitrogen and oxygen atoms in total. The van der Waals surface area contributed by atoms with Crippen molar-refractivity contribution in [1.82, 2.24) is 25.2 Å². The molecule has 5 heteroatoms. The lowest BCUT2D eigenvalue weighted by Gasteiger charge is -2.18. The number of imidazole rings is 1. The molecule has 0 aromatic carbocycles. The number of aromatic nitrogens is 3. The molecule has 0 saturated heterocycles. The molecule has 0 bridgehead atoms. The van der Waals surface area contributed by atoms with Crippen LogP contribution in [-0.2, 0) is 13.1 Å². The molecule has 0 spiro atoms. The largest absolute Gasteiger partial charge is 0.331 e. The second kappa shape index (κ2) is 6.28. The molecular weight excluding hydrogens is 226 g/mol. The van der Waals surface area contributed by atoms with E-state index in [9.17, 15) is 0 Å². The van der Waals surface area contributed by atoms with Crippen LogP contribution in [0.2, 0.25) is 0 Å². The minimum Gasteiger partial charge on any atom is -0.331 e. The number of hydrogen-bond acceptors (Lipinski definition) is 4. The zero-order valence-corrected chi connectivity index (χ0v) is 10.8. The Labute approximate surface area is 107 Å². The van der Waals surface area contributed by atoms with Crippen molar-refractivity contribution in [2.75, 3.05) is 14.1 Å². The Morgan fingerprint density at radius 2 is 2.17 bits per heavy atom. The predicted molar refractivity (Wildman–Crippen MR) is 71.0 cm³/mol. The summed E-state index contributed by atoms with van der Waals surface area (Å²) in [6, 6.07) is 4.29. The van der Waals surface area contributed by atoms with Gasteiger partial charge in [0.15, 0.2) is 0 Å². The molecule has 0 saturated carbocycles. The molecule has 0 fully saturated rings. The predicted octanol–water partition coefficient (Wildman–Crippen LogP) is 0.958. The molecule has 18 heavy (non-hydrogen) atoms. The molecule has 0 aliphatic carbocycles. The first kappa shape index (κ1) is 12.7. The van der Waals surface area contributed by atoms with Crippen LogP contribution in [0.15, 0.2) is 37.1 Å². The van der Waals surface area contributed by atoms with E-state index in [0.717, 1.165) is 13.1 Å². The fourth-order valence-electron chi connectivity index (χ4n) is 1.98. The fraction of sp³-hybridized carbons (Fsp3) is 0.385. The van der Waals surface area contributed by atoms with Crippen molar-refractivity contribution in [3.05, 3.63) is 48.3 Å². The Morgan fingerprint density at radius 1 is 1.28 bits per heavy atom. The molecule has 96 valence electrons. The maximum absolute atomic E-state index is 4.20. The number of hydrogen-bond donors (Lipinski definition) is 2. The van der Waals surface area contributed by atoms with Crippen LogP contribution in [0.25, 0.3) is 0 Å². The molecule has 2 N–H and O–H groups in total. The highest BCUT2D eigenvalue weighted by molar-refractivity contribution is 5.14. The van der Waals surface area contributed by atoms with E-state index in [1.807, 2.05) is 38.9 Å². The van der Waals surface area contributed by atoms with Gasteiger partial charge in [-0.15, -0.1) is 0 Å². The molecule has 0 amide bonds. The maximum atomic E-state index is 4.20. The Morgan fingerprint density at radius 3 is 2.83 bits per heavy atom. The third-order valence-corrected chi connectivity index (χ3v) is 2.97. The molecule has 2 aromatic heterocycles. The first-order valence-corrected chi connectivity index (χ1v) is 6.06. The van der Waals surface area contributed by atoms with Gasteiger partial charge in [0.1, 0.15) is 0 Å². The summed E-state index contributed by atoms with van der Waals surface area (Å²) >= 11 is 0. The van der Waals surface area contributed by atoms with Crippen LogP contribution in [0.5, 0.6) is 0 Å². The first-order valence-electron chi connectivity index (χ1n) is 6.06. The van der Waals surface area contributed by atoms with Crippen molar-refractivity contribution in [2.24, 2.45) is 0 Å². The van der Waals surface area contributed by atoms with Crippen molar-refractivity contribution in [1.29, 1.82) is 0 Å². The highest BCUT2D eigenvalue weighted by Gasteiger charge is 2.11. The van der Waals surface area contributed by atoms with Gasteiger partial charge in [-0.1, -0.05) is 6.07 Å². The lowest BCUT2D eigenvalue weighted by atomic mass is 10.1. The normalized spacial score (nSPS) is 12.6. The summed E-state index contributed by atoms with van der Waals surface area (Å²) in [6.45, 7) is 1.67. The second-order valence-electron chi connectivity index (χ2n) is 4.20. The van der Waals surface area contributed by atoms with Crippen LogP contribution in [0.4, 0.5) is 0 Å². The highest BCUT2D eigenvalue weighted by atomic mass is 15.1. The zero-order chi connectivity index (χ0) is 12.8. The van der Waals surface area contributed by atoms with Gasteiger partial charge in [-0.3, -0.25) is 4.98 Å². The summed E-state index contributed by atoms with van der Waals surface area (Å²) in [6.07, 6.45) is 7.45. The molecule has 2 heterocycles. The van der Waals surface area contributed by atoms with Crippen LogP contribution < -0.4 is 10.6 Å². The number of nitrogens with zero attached hydrogens (tertiary/aromatic N) is 3. The molecule has 0 aliphatic rings. The summed E-state index contributed by atoms with van der Waals surface area (Å²) in [4.78, 5) is 8.37. The summed E-state index contributed by atoms with van der Waals surface area (Å²) < 4.78 is 2.16. The minimum absolute atomic E-state index is 0.239. The maximum Gasteiger partial charge on any atom is 0.0949 e. The average molecular weight is 245 g/mol. The smallest absolute Gasteiger partial charge is 0.0949 e. The Kier molecular flexibility index (Phi) is 4.44. The third-order valence-electron chi connectivity index (χ3n) is 2.97. The van der Waals surface area contributed by atoms with Crippen LogP contribution in [0, 0.1) is 0 Å². The number of nitrogens with one attached hydrogen (secondary N) is 2. The summed E-state index contributed by atoms with van der Waals surface area (Å²) in [5.41, 5.74) is 2.37. The number of likely N-dealkylation sites (N-methyl/N-ethyl adjacent to an activating group) is 1. The SMILES string of the molecule is CNCc1cncn1CC(NC)c1cccnc1. The number of rotatable bonds is 6. The van der Waals surface area contributed by atoms with E-state index in [-0.39, 0.29) is 6.04 Å². The van der Waals surface area contributed by atoms with E-state index in [1.165, 1.54) is 11.3 Å². The van der Waals surface area contributed by atoms with Gasteiger partial charge in [0.25, 0.3) is 0 Å². The standard InChI is InChI=1S/C13H19N5/c1-14-7-12-8-17-10-18(12)9-13(15-2)11-4-3-5-16-6-11/h3-6,8,10,13-15H,7,9H2,1-2H3. The van der Waals surface area contributed by atoms with Crippen molar-refractivity contribution in [3.63, 3.8) is 0 Å². The fourth-order valence-corrected chi connectivity index (χ4v) is 1.98. The molecule has 2 aromatic rings.